The van der Waals surface area contributed by atoms with E-state index >= 15 is 0 Å². The van der Waals surface area contributed by atoms with E-state index in [1.165, 1.54) is 0 Å². The molecule has 0 bridgehead atoms. The maximum atomic E-state index is 12.4. The lowest BCUT2D eigenvalue weighted by molar-refractivity contribution is 0.0939. The van der Waals surface area contributed by atoms with Crippen molar-refractivity contribution in [1.82, 2.24) is 10.3 Å². The number of pyridine rings is 1. The van der Waals surface area contributed by atoms with E-state index in [4.69, 9.17) is 9.47 Å². The van der Waals surface area contributed by atoms with Gasteiger partial charge >= 0.3 is 0 Å². The minimum atomic E-state index is -0.208. The summed E-state index contributed by atoms with van der Waals surface area (Å²) >= 11 is 3.38. The maximum Gasteiger partial charge on any atom is 0.252 e. The number of amides is 1. The van der Waals surface area contributed by atoms with Crippen molar-refractivity contribution in [3.8, 4) is 11.5 Å². The molecule has 1 unspecified atom stereocenters. The van der Waals surface area contributed by atoms with Gasteiger partial charge in [0.15, 0.2) is 0 Å². The summed E-state index contributed by atoms with van der Waals surface area (Å²) in [5.74, 6) is 0.873. The van der Waals surface area contributed by atoms with Crippen LogP contribution >= 0.6 is 15.9 Å². The number of rotatable bonds is 5. The molecule has 0 aliphatic carbocycles. The number of ether oxygens (including phenoxy) is 2. The third-order valence-electron chi connectivity index (χ3n) is 3.24. The van der Waals surface area contributed by atoms with E-state index in [0.29, 0.717) is 21.5 Å². The molecule has 1 N–H and O–H groups in total. The van der Waals surface area contributed by atoms with E-state index in [0.717, 1.165) is 5.56 Å². The van der Waals surface area contributed by atoms with Gasteiger partial charge in [0.2, 0.25) is 0 Å². The van der Waals surface area contributed by atoms with Crippen molar-refractivity contribution >= 4 is 21.8 Å². The highest BCUT2D eigenvalue weighted by Crippen LogP contribution is 2.35. The predicted molar refractivity (Wildman–Crippen MR) is 87.4 cm³/mol. The Morgan fingerprint density at radius 1 is 1.27 bits per heavy atom. The molecule has 2 aromatic rings. The lowest BCUT2D eigenvalue weighted by Crippen LogP contribution is -2.26. The fourth-order valence-corrected chi connectivity index (χ4v) is 2.55. The summed E-state index contributed by atoms with van der Waals surface area (Å²) in [7, 11) is 3.08. The second-order valence-electron chi connectivity index (χ2n) is 4.68. The highest BCUT2D eigenvalue weighted by molar-refractivity contribution is 9.10. The van der Waals surface area contributed by atoms with Gasteiger partial charge in [-0.3, -0.25) is 9.78 Å². The zero-order valence-corrected chi connectivity index (χ0v) is 14.2. The molecule has 0 saturated carbocycles. The minimum Gasteiger partial charge on any atom is -0.495 e. The molecule has 5 nitrogen and oxygen atoms in total. The molecule has 0 radical (unpaired) electrons. The van der Waals surface area contributed by atoms with Crippen LogP contribution in [0.2, 0.25) is 0 Å². The van der Waals surface area contributed by atoms with Crippen LogP contribution in [0.3, 0.4) is 0 Å². The number of nitrogens with zero attached hydrogens (tertiary/aromatic N) is 1. The Kier molecular flexibility index (Phi) is 5.38. The topological polar surface area (TPSA) is 60.5 Å². The molecule has 6 heteroatoms. The molecule has 0 aliphatic rings. The smallest absolute Gasteiger partial charge is 0.252 e. The molecule has 0 aliphatic heterocycles. The van der Waals surface area contributed by atoms with Crippen LogP contribution in [-0.4, -0.2) is 25.1 Å². The first-order valence-electron chi connectivity index (χ1n) is 6.69. The van der Waals surface area contributed by atoms with Crippen LogP contribution in [0.1, 0.15) is 28.9 Å². The number of benzene rings is 1. The summed E-state index contributed by atoms with van der Waals surface area (Å²) in [5.41, 5.74) is 1.40. The number of nitrogens with one attached hydrogen (secondary N) is 1. The van der Waals surface area contributed by atoms with Crippen molar-refractivity contribution in [2.75, 3.05) is 14.2 Å². The third kappa shape index (κ3) is 3.57. The van der Waals surface area contributed by atoms with Gasteiger partial charge in [-0.25, -0.2) is 0 Å². The summed E-state index contributed by atoms with van der Waals surface area (Å²) in [6.45, 7) is 1.90. The van der Waals surface area contributed by atoms with Gasteiger partial charge in [-0.2, -0.15) is 0 Å². The van der Waals surface area contributed by atoms with Crippen LogP contribution in [0.4, 0.5) is 0 Å². The largest absolute Gasteiger partial charge is 0.495 e. The molecule has 2 rings (SSSR count). The number of carbonyl (C=O) groups excluding carboxylic acids is 1. The molecule has 0 fully saturated rings. The van der Waals surface area contributed by atoms with E-state index in [9.17, 15) is 4.79 Å². The van der Waals surface area contributed by atoms with Crippen molar-refractivity contribution in [2.45, 2.75) is 13.0 Å². The van der Waals surface area contributed by atoms with Gasteiger partial charge in [0.1, 0.15) is 16.0 Å². The first kappa shape index (κ1) is 16.3. The highest BCUT2D eigenvalue weighted by Gasteiger charge is 2.16. The number of halogens is 1. The molecule has 22 heavy (non-hydrogen) atoms. The highest BCUT2D eigenvalue weighted by atomic mass is 79.9. The summed E-state index contributed by atoms with van der Waals surface area (Å²) in [6, 6.07) is 6.93. The Labute approximate surface area is 137 Å². The second kappa shape index (κ2) is 7.26. The van der Waals surface area contributed by atoms with Crippen LogP contribution in [0, 0.1) is 0 Å². The average molecular weight is 365 g/mol. The standard InChI is InChI=1S/C16H17BrN2O3/c1-10(11-5-4-6-18-9-11)19-16(20)12-7-13(21-2)15(17)14(8-12)22-3/h4-10H,1-3H3,(H,19,20). The van der Waals surface area contributed by atoms with Gasteiger partial charge in [0.25, 0.3) is 5.91 Å². The summed E-state index contributed by atoms with van der Waals surface area (Å²) in [5, 5.41) is 2.93. The predicted octanol–water partition coefficient (Wildman–Crippen LogP) is 3.35. The number of carbonyl (C=O) groups is 1. The summed E-state index contributed by atoms with van der Waals surface area (Å²) in [6.07, 6.45) is 3.43. The van der Waals surface area contributed by atoms with Crippen LogP contribution in [0.5, 0.6) is 11.5 Å². The molecular formula is C16H17BrN2O3. The zero-order chi connectivity index (χ0) is 16.1. The molecular weight excluding hydrogens is 348 g/mol. The number of hydrogen-bond acceptors (Lipinski definition) is 4. The van der Waals surface area contributed by atoms with Gasteiger partial charge in [0.05, 0.1) is 20.3 Å². The Morgan fingerprint density at radius 3 is 2.41 bits per heavy atom. The van der Waals surface area contributed by atoms with Crippen molar-refractivity contribution in [3.05, 3.63) is 52.3 Å². The van der Waals surface area contributed by atoms with Crippen molar-refractivity contribution in [2.24, 2.45) is 0 Å². The summed E-state index contributed by atoms with van der Waals surface area (Å²) in [4.78, 5) is 16.5. The fourth-order valence-electron chi connectivity index (χ4n) is 2.00. The molecule has 116 valence electrons. The lowest BCUT2D eigenvalue weighted by Gasteiger charge is -2.15. The number of hydrogen-bond donors (Lipinski definition) is 1. The van der Waals surface area contributed by atoms with Gasteiger partial charge in [0, 0.05) is 18.0 Å². The SMILES string of the molecule is COc1cc(C(=O)NC(C)c2cccnc2)cc(OC)c1Br. The van der Waals surface area contributed by atoms with E-state index in [2.05, 4.69) is 26.2 Å². The molecule has 0 saturated heterocycles. The first-order valence-corrected chi connectivity index (χ1v) is 7.48. The number of aromatic nitrogens is 1. The normalized spacial score (nSPS) is 11.6. The van der Waals surface area contributed by atoms with Gasteiger partial charge in [-0.05, 0) is 46.6 Å². The molecule has 1 heterocycles. The molecule has 1 aromatic carbocycles. The molecule has 1 atom stereocenters. The maximum absolute atomic E-state index is 12.4. The van der Waals surface area contributed by atoms with E-state index in [-0.39, 0.29) is 11.9 Å². The Hall–Kier alpha value is -2.08. The number of methoxy groups -OCH3 is 2. The molecule has 1 aromatic heterocycles. The van der Waals surface area contributed by atoms with E-state index in [1.807, 2.05) is 19.1 Å². The monoisotopic (exact) mass is 364 g/mol. The summed E-state index contributed by atoms with van der Waals surface area (Å²) < 4.78 is 11.2. The van der Waals surface area contributed by atoms with Crippen molar-refractivity contribution in [1.29, 1.82) is 0 Å². The van der Waals surface area contributed by atoms with Gasteiger partial charge < -0.3 is 14.8 Å². The zero-order valence-electron chi connectivity index (χ0n) is 12.6. The Morgan fingerprint density at radius 2 is 1.91 bits per heavy atom. The Bertz CT molecular complexity index is 637. The van der Waals surface area contributed by atoms with Crippen molar-refractivity contribution < 1.29 is 14.3 Å². The van der Waals surface area contributed by atoms with E-state index < -0.39 is 0 Å². The molecule has 1 amide bonds. The van der Waals surface area contributed by atoms with Crippen LogP contribution in [0.25, 0.3) is 0 Å². The van der Waals surface area contributed by atoms with Crippen molar-refractivity contribution in [3.63, 3.8) is 0 Å². The first-order chi connectivity index (χ1) is 10.6. The van der Waals surface area contributed by atoms with Gasteiger partial charge in [-0.1, -0.05) is 6.07 Å². The lowest BCUT2D eigenvalue weighted by atomic mass is 10.1. The third-order valence-corrected chi connectivity index (χ3v) is 4.02. The average Bonchev–Trinajstić information content (AvgIpc) is 2.55. The quantitative estimate of drug-likeness (QED) is 0.883. The Balaban J connectivity index is 2.22. The van der Waals surface area contributed by atoms with Crippen LogP contribution < -0.4 is 14.8 Å². The second-order valence-corrected chi connectivity index (χ2v) is 5.47. The van der Waals surface area contributed by atoms with Gasteiger partial charge in [-0.15, -0.1) is 0 Å². The minimum absolute atomic E-state index is 0.151. The van der Waals surface area contributed by atoms with Crippen LogP contribution in [0.15, 0.2) is 41.1 Å². The fraction of sp³-hybridized carbons (Fsp3) is 0.250. The van der Waals surface area contributed by atoms with E-state index in [1.54, 1.807) is 38.7 Å². The molecule has 0 spiro atoms. The van der Waals surface area contributed by atoms with Crippen LogP contribution in [-0.2, 0) is 0 Å².